The summed E-state index contributed by atoms with van der Waals surface area (Å²) in [6, 6.07) is 0.700. The number of urea groups is 1. The maximum Gasteiger partial charge on any atom is 0.337 e. The molecule has 0 aliphatic heterocycles. The Bertz CT molecular complexity index is 489. The van der Waals surface area contributed by atoms with Crippen molar-refractivity contribution in [3.05, 3.63) is 24.0 Å². The maximum atomic E-state index is 11.2. The number of nitrogens with one attached hydrogen (secondary N) is 2. The van der Waals surface area contributed by atoms with E-state index in [4.69, 9.17) is 9.84 Å². The van der Waals surface area contributed by atoms with Crippen LogP contribution in [0, 0.1) is 0 Å². The molecule has 1 heterocycles. The van der Waals surface area contributed by atoms with E-state index in [0.29, 0.717) is 0 Å². The lowest BCUT2D eigenvalue weighted by atomic mass is 10.3. The second-order valence-corrected chi connectivity index (χ2v) is 3.44. The minimum Gasteiger partial charge on any atom is -0.491 e. The molecule has 19 heavy (non-hydrogen) atoms. The van der Waals surface area contributed by atoms with Gasteiger partial charge in [-0.3, -0.25) is 15.1 Å². The monoisotopic (exact) mass is 267 g/mol. The summed E-state index contributed by atoms with van der Waals surface area (Å²) >= 11 is 0. The number of hydrogen-bond acceptors (Lipinski definition) is 5. The van der Waals surface area contributed by atoms with Gasteiger partial charge in [0.2, 0.25) is 5.91 Å². The molecule has 0 unspecified atom stereocenters. The van der Waals surface area contributed by atoms with Crippen molar-refractivity contribution in [3.63, 3.8) is 0 Å². The summed E-state index contributed by atoms with van der Waals surface area (Å²) in [5.74, 6) is -1.37. The van der Waals surface area contributed by atoms with Crippen LogP contribution in [0.1, 0.15) is 16.8 Å². The zero-order valence-corrected chi connectivity index (χ0v) is 10.2. The third-order valence-corrected chi connectivity index (χ3v) is 2.04. The highest BCUT2D eigenvalue weighted by Crippen LogP contribution is 2.11. The Labute approximate surface area is 108 Å². The van der Waals surface area contributed by atoms with Gasteiger partial charge in [-0.1, -0.05) is 0 Å². The van der Waals surface area contributed by atoms with Crippen molar-refractivity contribution in [2.24, 2.45) is 0 Å². The topological polar surface area (TPSA) is 118 Å². The zero-order valence-electron chi connectivity index (χ0n) is 10.2. The molecule has 3 amide bonds. The van der Waals surface area contributed by atoms with Gasteiger partial charge in [0.1, 0.15) is 5.75 Å². The number of aromatic nitrogens is 1. The molecular weight excluding hydrogens is 254 g/mol. The molecule has 3 N–H and O–H groups in total. The molecule has 0 atom stereocenters. The van der Waals surface area contributed by atoms with Gasteiger partial charge in [0.15, 0.2) is 0 Å². The molecule has 0 aliphatic rings. The Morgan fingerprint density at radius 1 is 1.37 bits per heavy atom. The summed E-state index contributed by atoms with van der Waals surface area (Å²) < 4.78 is 5.16. The van der Waals surface area contributed by atoms with Crippen LogP contribution in [0.15, 0.2) is 18.5 Å². The molecule has 0 radical (unpaired) electrons. The molecule has 1 rings (SSSR count). The van der Waals surface area contributed by atoms with Gasteiger partial charge < -0.3 is 15.2 Å². The van der Waals surface area contributed by atoms with E-state index in [-0.39, 0.29) is 24.3 Å². The van der Waals surface area contributed by atoms with Gasteiger partial charge in [-0.05, 0) is 6.07 Å². The van der Waals surface area contributed by atoms with E-state index in [1.807, 2.05) is 0 Å². The molecule has 8 nitrogen and oxygen atoms in total. The Morgan fingerprint density at radius 2 is 2.11 bits per heavy atom. The van der Waals surface area contributed by atoms with Gasteiger partial charge in [0.25, 0.3) is 0 Å². The number of pyridine rings is 1. The molecular formula is C11H13N3O5. The first-order chi connectivity index (χ1) is 9.02. The minimum atomic E-state index is -1.12. The summed E-state index contributed by atoms with van der Waals surface area (Å²) in [6.07, 6.45) is 2.49. The third kappa shape index (κ3) is 5.02. The van der Waals surface area contributed by atoms with Crippen LogP contribution < -0.4 is 15.4 Å². The Hall–Kier alpha value is -2.64. The molecule has 0 aromatic carbocycles. The van der Waals surface area contributed by atoms with Gasteiger partial charge in [-0.25, -0.2) is 9.59 Å². The number of aromatic carboxylic acids is 1. The lowest BCUT2D eigenvalue weighted by molar-refractivity contribution is -0.120. The predicted molar refractivity (Wildman–Crippen MR) is 63.9 cm³/mol. The molecule has 0 saturated heterocycles. The molecule has 1 aromatic rings. The quantitative estimate of drug-likeness (QED) is 0.691. The highest BCUT2D eigenvalue weighted by atomic mass is 16.5. The van der Waals surface area contributed by atoms with Crippen molar-refractivity contribution in [2.75, 3.05) is 13.7 Å². The molecule has 0 aliphatic carbocycles. The van der Waals surface area contributed by atoms with Crippen molar-refractivity contribution >= 4 is 17.9 Å². The number of carbonyl (C=O) groups excluding carboxylic acids is 2. The summed E-state index contributed by atoms with van der Waals surface area (Å²) in [4.78, 5) is 36.4. The van der Waals surface area contributed by atoms with Crippen molar-refractivity contribution in [1.82, 2.24) is 15.6 Å². The zero-order chi connectivity index (χ0) is 14.3. The molecule has 1 aromatic heterocycles. The minimum absolute atomic E-state index is 0.00712. The smallest absolute Gasteiger partial charge is 0.337 e. The molecule has 8 heteroatoms. The number of carboxylic acid groups (broad SMARTS) is 1. The van der Waals surface area contributed by atoms with Gasteiger partial charge in [-0.2, -0.15) is 0 Å². The molecule has 102 valence electrons. The van der Waals surface area contributed by atoms with Gasteiger partial charge in [0, 0.05) is 13.2 Å². The number of carboxylic acids is 1. The normalized spacial score (nSPS) is 9.53. The number of carbonyl (C=O) groups is 3. The summed E-state index contributed by atoms with van der Waals surface area (Å²) in [7, 11) is 1.39. The first-order valence-corrected chi connectivity index (χ1v) is 5.35. The van der Waals surface area contributed by atoms with Crippen LogP contribution in [-0.2, 0) is 4.79 Å². The van der Waals surface area contributed by atoms with E-state index in [1.54, 1.807) is 0 Å². The largest absolute Gasteiger partial charge is 0.491 e. The fourth-order valence-corrected chi connectivity index (χ4v) is 1.13. The number of hydrogen-bond donors (Lipinski definition) is 3. The first-order valence-electron chi connectivity index (χ1n) is 5.35. The lowest BCUT2D eigenvalue weighted by Gasteiger charge is -2.06. The van der Waals surface area contributed by atoms with Gasteiger partial charge in [0.05, 0.1) is 24.8 Å². The van der Waals surface area contributed by atoms with Crippen molar-refractivity contribution < 1.29 is 24.2 Å². The number of imide groups is 1. The molecule has 0 bridgehead atoms. The van der Waals surface area contributed by atoms with Crippen molar-refractivity contribution in [2.45, 2.75) is 6.42 Å². The molecule has 0 saturated carbocycles. The Morgan fingerprint density at radius 3 is 2.74 bits per heavy atom. The number of ether oxygens (including phenoxy) is 1. The van der Waals surface area contributed by atoms with Crippen LogP contribution in [0.5, 0.6) is 5.75 Å². The van der Waals surface area contributed by atoms with Crippen molar-refractivity contribution in [3.8, 4) is 5.75 Å². The van der Waals surface area contributed by atoms with Gasteiger partial charge >= 0.3 is 12.0 Å². The van der Waals surface area contributed by atoms with Crippen LogP contribution in [0.3, 0.4) is 0 Å². The van der Waals surface area contributed by atoms with Crippen LogP contribution in [0.4, 0.5) is 4.79 Å². The van der Waals surface area contributed by atoms with Gasteiger partial charge in [-0.15, -0.1) is 0 Å². The average molecular weight is 267 g/mol. The second kappa shape index (κ2) is 6.94. The van der Waals surface area contributed by atoms with E-state index < -0.39 is 17.9 Å². The average Bonchev–Trinajstić information content (AvgIpc) is 2.38. The van der Waals surface area contributed by atoms with Crippen LogP contribution in [0.25, 0.3) is 0 Å². The predicted octanol–water partition coefficient (Wildman–Crippen LogP) is 0.00430. The van der Waals surface area contributed by atoms with Crippen LogP contribution in [0.2, 0.25) is 0 Å². The van der Waals surface area contributed by atoms with Crippen LogP contribution >= 0.6 is 0 Å². The van der Waals surface area contributed by atoms with E-state index >= 15 is 0 Å². The second-order valence-electron chi connectivity index (χ2n) is 3.44. The standard InChI is InChI=1S/C11H13N3O5/c1-12-11(18)14-9(15)2-3-19-8-4-7(10(16)17)5-13-6-8/h4-6H,2-3H2,1H3,(H,16,17)(H2,12,14,15,18). The maximum absolute atomic E-state index is 11.2. The summed E-state index contributed by atoms with van der Waals surface area (Å²) in [5, 5.41) is 13.0. The van der Waals surface area contributed by atoms with Crippen molar-refractivity contribution in [1.29, 1.82) is 0 Å². The molecule has 0 fully saturated rings. The van der Waals surface area contributed by atoms with E-state index in [2.05, 4.69) is 15.6 Å². The van der Waals surface area contributed by atoms with E-state index in [0.717, 1.165) is 0 Å². The Balaban J connectivity index is 2.41. The fourth-order valence-electron chi connectivity index (χ4n) is 1.13. The number of nitrogens with zero attached hydrogens (tertiary/aromatic N) is 1. The Kier molecular flexibility index (Phi) is 5.27. The first kappa shape index (κ1) is 14.4. The third-order valence-electron chi connectivity index (χ3n) is 2.04. The summed E-state index contributed by atoms with van der Waals surface area (Å²) in [6.45, 7) is 0.00752. The highest BCUT2D eigenvalue weighted by molar-refractivity contribution is 5.94. The fraction of sp³-hybridized carbons (Fsp3) is 0.273. The van der Waals surface area contributed by atoms with Crippen LogP contribution in [-0.4, -0.2) is 41.7 Å². The lowest BCUT2D eigenvalue weighted by Crippen LogP contribution is -2.37. The SMILES string of the molecule is CNC(=O)NC(=O)CCOc1cncc(C(=O)O)c1. The summed E-state index contributed by atoms with van der Waals surface area (Å²) in [5.41, 5.74) is -0.00712. The highest BCUT2D eigenvalue weighted by Gasteiger charge is 2.07. The number of rotatable bonds is 5. The number of amides is 3. The molecule has 0 spiro atoms. The van der Waals surface area contributed by atoms with E-state index in [9.17, 15) is 14.4 Å². The van der Waals surface area contributed by atoms with E-state index in [1.165, 1.54) is 25.5 Å².